The van der Waals surface area contributed by atoms with Crippen molar-refractivity contribution in [3.05, 3.63) is 12.2 Å². The maximum atomic E-state index is 12.3. The summed E-state index contributed by atoms with van der Waals surface area (Å²) in [4.78, 5) is 12.3. The molecular formula is C17H28O2. The quantitative estimate of drug-likeness (QED) is 0.542. The number of rotatable bonds is 2. The summed E-state index contributed by atoms with van der Waals surface area (Å²) in [5.41, 5.74) is 0.102. The van der Waals surface area contributed by atoms with Gasteiger partial charge in [0.15, 0.2) is 0 Å². The van der Waals surface area contributed by atoms with Gasteiger partial charge in [-0.25, -0.2) is 0 Å². The van der Waals surface area contributed by atoms with Gasteiger partial charge >= 0.3 is 5.97 Å². The summed E-state index contributed by atoms with van der Waals surface area (Å²) in [6.45, 7) is 11.3. The van der Waals surface area contributed by atoms with Crippen molar-refractivity contribution in [2.45, 2.75) is 72.8 Å². The average molecular weight is 264 g/mol. The first-order valence-corrected chi connectivity index (χ1v) is 7.51. The fraction of sp³-hybridized carbons (Fsp3) is 0.824. The molecular weight excluding hydrogens is 236 g/mol. The smallest absolute Gasteiger partial charge is 0.312 e. The Morgan fingerprint density at radius 3 is 2.47 bits per heavy atom. The first kappa shape index (κ1) is 14.6. The molecule has 2 unspecified atom stereocenters. The second kappa shape index (κ2) is 4.64. The van der Waals surface area contributed by atoms with Crippen LogP contribution in [0.2, 0.25) is 0 Å². The van der Waals surface area contributed by atoms with Crippen molar-refractivity contribution in [2.75, 3.05) is 0 Å². The third-order valence-electron chi connectivity index (χ3n) is 4.58. The highest BCUT2D eigenvalue weighted by Crippen LogP contribution is 2.50. The van der Waals surface area contributed by atoms with Gasteiger partial charge in [0.2, 0.25) is 0 Å². The lowest BCUT2D eigenvalue weighted by Gasteiger charge is -2.36. The van der Waals surface area contributed by atoms with Gasteiger partial charge in [-0.2, -0.15) is 0 Å². The largest absolute Gasteiger partial charge is 0.461 e. The molecule has 2 atom stereocenters. The zero-order valence-electron chi connectivity index (χ0n) is 13.1. The average Bonchev–Trinajstić information content (AvgIpc) is 2.55. The van der Waals surface area contributed by atoms with Gasteiger partial charge < -0.3 is 4.74 Å². The van der Waals surface area contributed by atoms with E-state index in [4.69, 9.17) is 4.74 Å². The van der Waals surface area contributed by atoms with E-state index in [1.54, 1.807) is 0 Å². The number of carbonyl (C=O) groups excluding carboxylic acids is 1. The van der Waals surface area contributed by atoms with Crippen LogP contribution >= 0.6 is 0 Å². The second-order valence-corrected chi connectivity index (χ2v) is 8.32. The SMILES string of the molecule is CC(C)(C)CC(C)(C)C1CC2(CC=CCC2)C(=O)O1. The molecule has 1 heterocycles. The molecule has 0 bridgehead atoms. The fourth-order valence-electron chi connectivity index (χ4n) is 3.91. The van der Waals surface area contributed by atoms with E-state index in [1.165, 1.54) is 0 Å². The normalized spacial score (nSPS) is 31.8. The third-order valence-corrected chi connectivity index (χ3v) is 4.58. The zero-order valence-corrected chi connectivity index (χ0v) is 13.1. The van der Waals surface area contributed by atoms with Crippen molar-refractivity contribution >= 4 is 5.97 Å². The number of esters is 1. The van der Waals surface area contributed by atoms with Crippen LogP contribution in [0.1, 0.15) is 66.7 Å². The highest BCUT2D eigenvalue weighted by atomic mass is 16.6. The molecule has 0 aromatic carbocycles. The van der Waals surface area contributed by atoms with E-state index in [9.17, 15) is 4.79 Å². The molecule has 2 aliphatic rings. The van der Waals surface area contributed by atoms with Crippen LogP contribution < -0.4 is 0 Å². The minimum Gasteiger partial charge on any atom is -0.461 e. The number of carbonyl (C=O) groups is 1. The highest BCUT2D eigenvalue weighted by molar-refractivity contribution is 5.79. The molecule has 0 saturated carbocycles. The molecule has 0 radical (unpaired) electrons. The van der Waals surface area contributed by atoms with Crippen molar-refractivity contribution in [3.63, 3.8) is 0 Å². The Morgan fingerprint density at radius 1 is 1.26 bits per heavy atom. The molecule has 0 amide bonds. The lowest BCUT2D eigenvalue weighted by molar-refractivity contribution is -0.152. The maximum absolute atomic E-state index is 12.3. The highest BCUT2D eigenvalue weighted by Gasteiger charge is 2.52. The Hall–Kier alpha value is -0.790. The van der Waals surface area contributed by atoms with E-state index in [2.05, 4.69) is 46.8 Å². The minimum absolute atomic E-state index is 0.0452. The van der Waals surface area contributed by atoms with Crippen LogP contribution in [0.3, 0.4) is 0 Å². The Kier molecular flexibility index (Phi) is 3.57. The van der Waals surface area contributed by atoms with Crippen LogP contribution in [0.15, 0.2) is 12.2 Å². The van der Waals surface area contributed by atoms with Gasteiger partial charge in [0, 0.05) is 11.8 Å². The zero-order chi connectivity index (χ0) is 14.3. The molecule has 1 fully saturated rings. The predicted molar refractivity (Wildman–Crippen MR) is 77.8 cm³/mol. The molecule has 1 aliphatic heterocycles. The van der Waals surface area contributed by atoms with E-state index in [0.29, 0.717) is 0 Å². The number of cyclic esters (lactones) is 1. The van der Waals surface area contributed by atoms with E-state index < -0.39 is 0 Å². The summed E-state index contributed by atoms with van der Waals surface area (Å²) in [5.74, 6) is 0.0452. The lowest BCUT2D eigenvalue weighted by Crippen LogP contribution is -2.33. The van der Waals surface area contributed by atoms with Crippen LogP contribution in [0.4, 0.5) is 0 Å². The monoisotopic (exact) mass is 264 g/mol. The van der Waals surface area contributed by atoms with Gasteiger partial charge in [-0.1, -0.05) is 46.8 Å². The summed E-state index contributed by atoms with van der Waals surface area (Å²) in [7, 11) is 0. The van der Waals surface area contributed by atoms with Gasteiger partial charge in [0.1, 0.15) is 6.10 Å². The Labute approximate surface area is 117 Å². The molecule has 1 spiro atoms. The van der Waals surface area contributed by atoms with Gasteiger partial charge in [0.05, 0.1) is 5.41 Å². The molecule has 0 N–H and O–H groups in total. The van der Waals surface area contributed by atoms with Crippen LogP contribution in [0.25, 0.3) is 0 Å². The topological polar surface area (TPSA) is 26.3 Å². The lowest BCUT2D eigenvalue weighted by atomic mass is 9.68. The van der Waals surface area contributed by atoms with Crippen molar-refractivity contribution < 1.29 is 9.53 Å². The first-order chi connectivity index (χ1) is 8.65. The summed E-state index contributed by atoms with van der Waals surface area (Å²) >= 11 is 0. The molecule has 0 aromatic rings. The minimum atomic E-state index is -0.214. The van der Waals surface area contributed by atoms with Crippen molar-refractivity contribution in [1.82, 2.24) is 0 Å². The third kappa shape index (κ3) is 3.04. The van der Waals surface area contributed by atoms with Crippen LogP contribution in [-0.2, 0) is 9.53 Å². The number of hydrogen-bond acceptors (Lipinski definition) is 2. The predicted octanol–water partition coefficient (Wildman–Crippen LogP) is 4.49. The second-order valence-electron chi connectivity index (χ2n) is 8.32. The number of ether oxygens (including phenoxy) is 1. The molecule has 2 nitrogen and oxygen atoms in total. The van der Waals surface area contributed by atoms with Gasteiger partial charge in [-0.15, -0.1) is 0 Å². The van der Waals surface area contributed by atoms with E-state index in [-0.39, 0.29) is 28.3 Å². The number of hydrogen-bond donors (Lipinski definition) is 0. The van der Waals surface area contributed by atoms with Gasteiger partial charge in [0.25, 0.3) is 0 Å². The van der Waals surface area contributed by atoms with Gasteiger partial charge in [-0.05, 0) is 31.1 Å². The standard InChI is InChI=1S/C17H28O2/c1-15(2,3)12-16(4,5)13-11-17(14(18)19-13)9-7-6-8-10-17/h6-7,13H,8-12H2,1-5H3. The summed E-state index contributed by atoms with van der Waals surface area (Å²) < 4.78 is 5.79. The van der Waals surface area contributed by atoms with Crippen LogP contribution in [-0.4, -0.2) is 12.1 Å². The molecule has 1 aliphatic carbocycles. The Bertz CT molecular complexity index is 387. The van der Waals surface area contributed by atoms with Crippen molar-refractivity contribution in [2.24, 2.45) is 16.2 Å². The first-order valence-electron chi connectivity index (χ1n) is 7.51. The Balaban J connectivity index is 2.12. The van der Waals surface area contributed by atoms with Crippen LogP contribution in [0, 0.1) is 16.2 Å². The molecule has 1 saturated heterocycles. The van der Waals surface area contributed by atoms with E-state index in [0.717, 1.165) is 32.1 Å². The number of allylic oxidation sites excluding steroid dienone is 2. The van der Waals surface area contributed by atoms with Crippen molar-refractivity contribution in [3.8, 4) is 0 Å². The summed E-state index contributed by atoms with van der Waals surface area (Å²) in [6.07, 6.45) is 9.24. The maximum Gasteiger partial charge on any atom is 0.312 e. The van der Waals surface area contributed by atoms with E-state index in [1.807, 2.05) is 0 Å². The van der Waals surface area contributed by atoms with E-state index >= 15 is 0 Å². The van der Waals surface area contributed by atoms with Crippen LogP contribution in [0.5, 0.6) is 0 Å². The molecule has 19 heavy (non-hydrogen) atoms. The molecule has 2 rings (SSSR count). The van der Waals surface area contributed by atoms with Crippen molar-refractivity contribution in [1.29, 1.82) is 0 Å². The molecule has 108 valence electrons. The fourth-order valence-corrected chi connectivity index (χ4v) is 3.91. The summed E-state index contributed by atoms with van der Waals surface area (Å²) in [5, 5.41) is 0. The summed E-state index contributed by atoms with van der Waals surface area (Å²) in [6, 6.07) is 0. The molecule has 2 heteroatoms. The van der Waals surface area contributed by atoms with Gasteiger partial charge in [-0.3, -0.25) is 4.79 Å². The molecule has 0 aromatic heterocycles. The Morgan fingerprint density at radius 2 is 1.95 bits per heavy atom.